The van der Waals surface area contributed by atoms with Crippen LogP contribution in [0.1, 0.15) is 18.5 Å². The van der Waals surface area contributed by atoms with E-state index in [-0.39, 0.29) is 13.2 Å². The van der Waals surface area contributed by atoms with Crippen LogP contribution in [0.5, 0.6) is 0 Å². The molecule has 3 aliphatic heterocycles. The van der Waals surface area contributed by atoms with E-state index in [1.165, 1.54) is 7.05 Å². The SMILES string of the molecule is CCOC(=O)[C@@H]1[C@H]2C(=O)N(C)C(=O)[C@H]2[C@H]2C(=O)OC[C@H](c3ccccc3)N21. The van der Waals surface area contributed by atoms with Crippen LogP contribution in [0.15, 0.2) is 30.3 Å². The van der Waals surface area contributed by atoms with Crippen LogP contribution in [0.25, 0.3) is 0 Å². The van der Waals surface area contributed by atoms with Crippen LogP contribution in [-0.4, -0.2) is 65.9 Å². The first-order chi connectivity index (χ1) is 13.0. The molecule has 0 aliphatic carbocycles. The number of morpholine rings is 1. The van der Waals surface area contributed by atoms with Gasteiger partial charge >= 0.3 is 11.9 Å². The molecule has 8 nitrogen and oxygen atoms in total. The monoisotopic (exact) mass is 372 g/mol. The Balaban J connectivity index is 1.83. The Kier molecular flexibility index (Phi) is 4.22. The Labute approximate surface area is 156 Å². The normalized spacial score (nSPS) is 32.9. The summed E-state index contributed by atoms with van der Waals surface area (Å²) < 4.78 is 10.6. The number of esters is 2. The zero-order chi connectivity index (χ0) is 19.3. The van der Waals surface area contributed by atoms with Crippen LogP contribution in [0.4, 0.5) is 0 Å². The van der Waals surface area contributed by atoms with Crippen molar-refractivity contribution in [1.82, 2.24) is 9.80 Å². The molecule has 3 heterocycles. The van der Waals surface area contributed by atoms with E-state index in [4.69, 9.17) is 9.47 Å². The van der Waals surface area contributed by atoms with Crippen LogP contribution < -0.4 is 0 Å². The Morgan fingerprint density at radius 1 is 1.15 bits per heavy atom. The molecular weight excluding hydrogens is 352 g/mol. The molecular formula is C19H20N2O6. The van der Waals surface area contributed by atoms with Gasteiger partial charge in [0, 0.05) is 7.05 Å². The van der Waals surface area contributed by atoms with Crippen molar-refractivity contribution >= 4 is 23.8 Å². The van der Waals surface area contributed by atoms with Crippen molar-refractivity contribution < 1.29 is 28.7 Å². The van der Waals surface area contributed by atoms with E-state index >= 15 is 0 Å². The maximum Gasteiger partial charge on any atom is 0.324 e. The van der Waals surface area contributed by atoms with Crippen molar-refractivity contribution in [3.63, 3.8) is 0 Å². The molecule has 3 fully saturated rings. The molecule has 8 heteroatoms. The minimum absolute atomic E-state index is 0.0485. The van der Waals surface area contributed by atoms with E-state index in [2.05, 4.69) is 0 Å². The molecule has 3 aliphatic rings. The molecule has 0 radical (unpaired) electrons. The number of imide groups is 1. The van der Waals surface area contributed by atoms with Crippen molar-refractivity contribution in [3.8, 4) is 0 Å². The number of amides is 2. The summed E-state index contributed by atoms with van der Waals surface area (Å²) >= 11 is 0. The standard InChI is InChI=1S/C19H20N2O6/c1-3-26-18(24)14-12-13(17(23)20(2)16(12)22)15-19(25)27-9-11(21(14)15)10-7-5-4-6-8-10/h4-8,11-15H,3,9H2,1-2H3/t11-,12+,13-,14+,15+/m1/s1. The maximum absolute atomic E-state index is 12.8. The summed E-state index contributed by atoms with van der Waals surface area (Å²) in [4.78, 5) is 53.4. The predicted octanol–water partition coefficient (Wildman–Crippen LogP) is 0.131. The zero-order valence-corrected chi connectivity index (χ0v) is 15.0. The number of fused-ring (bicyclic) bond motifs is 3. The molecule has 0 spiro atoms. The second-order valence-corrected chi connectivity index (χ2v) is 6.93. The van der Waals surface area contributed by atoms with E-state index in [1.54, 1.807) is 11.8 Å². The zero-order valence-electron chi connectivity index (χ0n) is 15.0. The highest BCUT2D eigenvalue weighted by Gasteiger charge is 2.68. The van der Waals surface area contributed by atoms with Gasteiger partial charge in [0.1, 0.15) is 18.7 Å². The number of cyclic esters (lactones) is 1. The Morgan fingerprint density at radius 2 is 1.81 bits per heavy atom. The molecule has 142 valence electrons. The lowest BCUT2D eigenvalue weighted by molar-refractivity contribution is -0.171. The fourth-order valence-electron chi connectivity index (χ4n) is 4.50. The topological polar surface area (TPSA) is 93.2 Å². The van der Waals surface area contributed by atoms with Gasteiger partial charge in [-0.2, -0.15) is 0 Å². The van der Waals surface area contributed by atoms with Gasteiger partial charge in [0.2, 0.25) is 11.8 Å². The fourth-order valence-corrected chi connectivity index (χ4v) is 4.50. The fraction of sp³-hybridized carbons (Fsp3) is 0.474. The molecule has 4 rings (SSSR count). The number of hydrogen-bond donors (Lipinski definition) is 0. The van der Waals surface area contributed by atoms with Crippen molar-refractivity contribution in [1.29, 1.82) is 0 Å². The van der Waals surface area contributed by atoms with E-state index in [9.17, 15) is 19.2 Å². The van der Waals surface area contributed by atoms with Gasteiger partial charge in [-0.1, -0.05) is 30.3 Å². The molecule has 5 atom stereocenters. The lowest BCUT2D eigenvalue weighted by Gasteiger charge is -2.40. The first-order valence-corrected chi connectivity index (χ1v) is 8.94. The summed E-state index contributed by atoms with van der Waals surface area (Å²) in [6.07, 6.45) is 0. The Hall–Kier alpha value is -2.74. The minimum atomic E-state index is -1.00. The highest BCUT2D eigenvalue weighted by molar-refractivity contribution is 6.10. The largest absolute Gasteiger partial charge is 0.465 e. The second kappa shape index (κ2) is 6.45. The molecule has 0 aromatic heterocycles. The first kappa shape index (κ1) is 17.7. The third-order valence-corrected chi connectivity index (χ3v) is 5.64. The summed E-state index contributed by atoms with van der Waals surface area (Å²) in [5.41, 5.74) is 0.845. The minimum Gasteiger partial charge on any atom is -0.465 e. The van der Waals surface area contributed by atoms with Gasteiger partial charge < -0.3 is 9.47 Å². The van der Waals surface area contributed by atoms with Crippen molar-refractivity contribution in [2.75, 3.05) is 20.3 Å². The van der Waals surface area contributed by atoms with Gasteiger partial charge in [-0.05, 0) is 12.5 Å². The molecule has 0 bridgehead atoms. The number of rotatable bonds is 3. The van der Waals surface area contributed by atoms with Crippen LogP contribution >= 0.6 is 0 Å². The smallest absolute Gasteiger partial charge is 0.324 e. The Morgan fingerprint density at radius 3 is 2.48 bits per heavy atom. The predicted molar refractivity (Wildman–Crippen MR) is 90.9 cm³/mol. The van der Waals surface area contributed by atoms with Gasteiger partial charge in [-0.3, -0.25) is 29.0 Å². The molecule has 2 amide bonds. The van der Waals surface area contributed by atoms with Crippen LogP contribution in [0.3, 0.4) is 0 Å². The number of nitrogens with zero attached hydrogens (tertiary/aromatic N) is 2. The molecule has 0 saturated carbocycles. The second-order valence-electron chi connectivity index (χ2n) is 6.93. The number of ether oxygens (including phenoxy) is 2. The molecule has 0 N–H and O–H groups in total. The van der Waals surface area contributed by atoms with Crippen molar-refractivity contribution in [2.45, 2.75) is 25.0 Å². The number of benzene rings is 1. The van der Waals surface area contributed by atoms with E-state index in [0.717, 1.165) is 10.5 Å². The third-order valence-electron chi connectivity index (χ3n) is 5.64. The average Bonchev–Trinajstić information content (AvgIpc) is 3.13. The summed E-state index contributed by atoms with van der Waals surface area (Å²) in [7, 11) is 1.37. The van der Waals surface area contributed by atoms with E-state index in [1.807, 2.05) is 30.3 Å². The molecule has 27 heavy (non-hydrogen) atoms. The lowest BCUT2D eigenvalue weighted by atomic mass is 9.89. The van der Waals surface area contributed by atoms with Crippen LogP contribution in [0.2, 0.25) is 0 Å². The maximum atomic E-state index is 12.8. The first-order valence-electron chi connectivity index (χ1n) is 8.94. The number of carbonyl (C=O) groups excluding carboxylic acids is 4. The Bertz CT molecular complexity index is 810. The lowest BCUT2D eigenvalue weighted by Crippen LogP contribution is -2.56. The van der Waals surface area contributed by atoms with Gasteiger partial charge in [-0.15, -0.1) is 0 Å². The quantitative estimate of drug-likeness (QED) is 0.550. The highest BCUT2D eigenvalue weighted by Crippen LogP contribution is 2.48. The third kappa shape index (κ3) is 2.47. The molecule has 3 saturated heterocycles. The van der Waals surface area contributed by atoms with Crippen molar-refractivity contribution in [2.24, 2.45) is 11.8 Å². The van der Waals surface area contributed by atoms with Gasteiger partial charge in [0.15, 0.2) is 0 Å². The number of carbonyl (C=O) groups is 4. The van der Waals surface area contributed by atoms with Crippen LogP contribution in [0, 0.1) is 11.8 Å². The summed E-state index contributed by atoms with van der Waals surface area (Å²) in [6, 6.07) is 6.88. The van der Waals surface area contributed by atoms with E-state index in [0.29, 0.717) is 0 Å². The summed E-state index contributed by atoms with van der Waals surface area (Å²) in [6.45, 7) is 1.87. The summed E-state index contributed by atoms with van der Waals surface area (Å²) in [5, 5.41) is 0. The van der Waals surface area contributed by atoms with Gasteiger partial charge in [0.05, 0.1) is 24.5 Å². The molecule has 1 aromatic rings. The summed E-state index contributed by atoms with van der Waals surface area (Å²) in [5.74, 6) is -3.98. The van der Waals surface area contributed by atoms with Crippen molar-refractivity contribution in [3.05, 3.63) is 35.9 Å². The number of hydrogen-bond acceptors (Lipinski definition) is 7. The van der Waals surface area contributed by atoms with Gasteiger partial charge in [-0.25, -0.2) is 0 Å². The highest BCUT2D eigenvalue weighted by atomic mass is 16.5. The molecule has 1 aromatic carbocycles. The number of likely N-dealkylation sites (tertiary alicyclic amines) is 1. The van der Waals surface area contributed by atoms with Gasteiger partial charge in [0.25, 0.3) is 0 Å². The van der Waals surface area contributed by atoms with Crippen LogP contribution in [-0.2, 0) is 28.7 Å². The van der Waals surface area contributed by atoms with E-state index < -0.39 is 53.7 Å². The molecule has 0 unspecified atom stereocenters. The average molecular weight is 372 g/mol.